The van der Waals surface area contributed by atoms with Gasteiger partial charge >= 0.3 is 6.09 Å². The maximum Gasteiger partial charge on any atom is 0.412 e. The number of aliphatic imine (C=N–C) groups is 1. The SMILES string of the molecule is COC(=O)Nc1cc(-c2sc(C(N)=NC=N)c(C(O)c3ccc(Cl)cc3)c2C#N)ccn1. The predicted octanol–water partition coefficient (Wildman–Crippen LogP) is 3.91. The zero-order chi connectivity index (χ0) is 23.3. The summed E-state index contributed by atoms with van der Waals surface area (Å²) in [6, 6.07) is 11.9. The summed E-state index contributed by atoms with van der Waals surface area (Å²) in [4.78, 5) is 20.2. The molecule has 0 aliphatic carbocycles. The van der Waals surface area contributed by atoms with Crippen molar-refractivity contribution in [3.63, 3.8) is 0 Å². The number of rotatable bonds is 6. The second-order valence-corrected chi connectivity index (χ2v) is 7.76. The van der Waals surface area contributed by atoms with Gasteiger partial charge in [0.25, 0.3) is 0 Å². The lowest BCUT2D eigenvalue weighted by Crippen LogP contribution is -2.16. The molecule has 162 valence electrons. The molecule has 0 saturated carbocycles. The first kappa shape index (κ1) is 22.9. The molecule has 0 radical (unpaired) electrons. The number of amides is 1. The van der Waals surface area contributed by atoms with E-state index in [2.05, 4.69) is 26.1 Å². The number of carbonyl (C=O) groups excluding carboxylic acids is 1. The van der Waals surface area contributed by atoms with Gasteiger partial charge in [-0.15, -0.1) is 11.3 Å². The molecule has 1 amide bonds. The van der Waals surface area contributed by atoms with Gasteiger partial charge in [0.15, 0.2) is 0 Å². The van der Waals surface area contributed by atoms with Gasteiger partial charge < -0.3 is 15.6 Å². The number of hydrogen-bond acceptors (Lipinski definition) is 7. The zero-order valence-electron chi connectivity index (χ0n) is 16.7. The van der Waals surface area contributed by atoms with E-state index in [1.165, 1.54) is 13.3 Å². The number of nitriles is 1. The van der Waals surface area contributed by atoms with Crippen molar-refractivity contribution in [3.05, 3.63) is 69.2 Å². The Hall–Kier alpha value is -3.78. The fourth-order valence-corrected chi connectivity index (χ4v) is 4.26. The van der Waals surface area contributed by atoms with Crippen molar-refractivity contribution < 1.29 is 14.6 Å². The summed E-state index contributed by atoms with van der Waals surface area (Å²) in [6.07, 6.45) is 0.356. The standard InChI is InChI=1S/C21H17ClN6O3S/c1-31-21(30)28-15-8-12(6-7-26-15)18-14(9-23)16(19(32-18)20(25)27-10-24)17(29)11-2-4-13(22)5-3-11/h2-8,10,17,29H,1H3,(H3,24,25,27)(H,26,28,30). The lowest BCUT2D eigenvalue weighted by atomic mass is 9.96. The fourth-order valence-electron chi connectivity index (χ4n) is 2.94. The second-order valence-electron chi connectivity index (χ2n) is 6.30. The van der Waals surface area contributed by atoms with Crippen molar-refractivity contribution in [1.29, 1.82) is 10.7 Å². The Kier molecular flexibility index (Phi) is 7.17. The summed E-state index contributed by atoms with van der Waals surface area (Å²) in [5, 5.41) is 31.3. The highest BCUT2D eigenvalue weighted by Gasteiger charge is 2.27. The Bertz CT molecular complexity index is 1230. The normalized spacial score (nSPS) is 12.0. The number of benzene rings is 1. The van der Waals surface area contributed by atoms with Crippen molar-refractivity contribution in [3.8, 4) is 16.5 Å². The summed E-state index contributed by atoms with van der Waals surface area (Å²) < 4.78 is 4.58. The Balaban J connectivity index is 2.20. The van der Waals surface area contributed by atoms with Crippen molar-refractivity contribution in [2.24, 2.45) is 10.7 Å². The molecule has 1 unspecified atom stereocenters. The summed E-state index contributed by atoms with van der Waals surface area (Å²) in [5.41, 5.74) is 7.57. The van der Waals surface area contributed by atoms with Crippen molar-refractivity contribution >= 4 is 47.0 Å². The van der Waals surface area contributed by atoms with Crippen LogP contribution in [0.2, 0.25) is 5.02 Å². The zero-order valence-corrected chi connectivity index (χ0v) is 18.2. The molecule has 1 atom stereocenters. The van der Waals surface area contributed by atoms with E-state index >= 15 is 0 Å². The van der Waals surface area contributed by atoms with Gasteiger partial charge in [-0.25, -0.2) is 14.8 Å². The molecule has 3 aromatic rings. The van der Waals surface area contributed by atoms with Gasteiger partial charge in [0, 0.05) is 16.8 Å². The van der Waals surface area contributed by atoms with Crippen LogP contribution in [0.3, 0.4) is 0 Å². The van der Waals surface area contributed by atoms with E-state index < -0.39 is 12.2 Å². The van der Waals surface area contributed by atoms with Crippen LogP contribution in [-0.2, 0) is 4.74 Å². The maximum atomic E-state index is 11.5. The molecule has 0 fully saturated rings. The smallest absolute Gasteiger partial charge is 0.412 e. The maximum absolute atomic E-state index is 11.5. The fraction of sp³-hybridized carbons (Fsp3) is 0.0952. The quantitative estimate of drug-likeness (QED) is 0.317. The Morgan fingerprint density at radius 3 is 2.78 bits per heavy atom. The minimum Gasteiger partial charge on any atom is -0.453 e. The highest BCUT2D eigenvalue weighted by atomic mass is 35.5. The Labute approximate surface area is 192 Å². The van der Waals surface area contributed by atoms with Crippen molar-refractivity contribution in [1.82, 2.24) is 4.98 Å². The van der Waals surface area contributed by atoms with E-state index in [4.69, 9.17) is 22.7 Å². The summed E-state index contributed by atoms with van der Waals surface area (Å²) in [7, 11) is 1.23. The van der Waals surface area contributed by atoms with E-state index in [1.807, 2.05) is 0 Å². The first-order chi connectivity index (χ1) is 15.4. The molecular weight excluding hydrogens is 452 g/mol. The third kappa shape index (κ3) is 4.76. The van der Waals surface area contributed by atoms with Crippen LogP contribution in [-0.4, -0.2) is 35.5 Å². The van der Waals surface area contributed by atoms with Crippen LogP contribution in [0.4, 0.5) is 10.6 Å². The number of hydrogen-bond donors (Lipinski definition) is 4. The number of nitrogens with zero attached hydrogens (tertiary/aromatic N) is 3. The molecule has 11 heteroatoms. The molecule has 0 aliphatic heterocycles. The topological polar surface area (TPSA) is 157 Å². The number of aliphatic hydroxyl groups is 1. The van der Waals surface area contributed by atoms with Gasteiger partial charge in [-0.2, -0.15) is 5.26 Å². The minimum atomic E-state index is -1.20. The first-order valence-electron chi connectivity index (χ1n) is 9.03. The van der Waals surface area contributed by atoms with Gasteiger partial charge in [0.1, 0.15) is 30.2 Å². The molecule has 0 aliphatic rings. The van der Waals surface area contributed by atoms with Crippen LogP contribution in [0.5, 0.6) is 0 Å². The van der Waals surface area contributed by atoms with E-state index in [-0.39, 0.29) is 22.8 Å². The van der Waals surface area contributed by atoms with Gasteiger partial charge in [-0.3, -0.25) is 10.7 Å². The number of methoxy groups -OCH3 is 1. The molecule has 9 nitrogen and oxygen atoms in total. The van der Waals surface area contributed by atoms with Crippen molar-refractivity contribution in [2.75, 3.05) is 12.4 Å². The summed E-state index contributed by atoms with van der Waals surface area (Å²) in [6.45, 7) is 0. The van der Waals surface area contributed by atoms with Gasteiger partial charge in [-0.1, -0.05) is 23.7 Å². The van der Waals surface area contributed by atoms with Crippen LogP contribution >= 0.6 is 22.9 Å². The minimum absolute atomic E-state index is 0.0160. The predicted molar refractivity (Wildman–Crippen MR) is 123 cm³/mol. The van der Waals surface area contributed by atoms with E-state index in [1.54, 1.807) is 36.4 Å². The molecule has 0 saturated heterocycles. The molecule has 32 heavy (non-hydrogen) atoms. The molecule has 0 bridgehead atoms. The highest BCUT2D eigenvalue weighted by Crippen LogP contribution is 2.41. The number of nitrogens with one attached hydrogen (secondary N) is 2. The van der Waals surface area contributed by atoms with E-state index in [0.29, 0.717) is 25.9 Å². The number of ether oxygens (including phenoxy) is 1. The molecule has 1 aromatic carbocycles. The van der Waals surface area contributed by atoms with Gasteiger partial charge in [0.2, 0.25) is 0 Å². The summed E-state index contributed by atoms with van der Waals surface area (Å²) in [5.74, 6) is 0.201. The monoisotopic (exact) mass is 468 g/mol. The molecule has 3 rings (SSSR count). The van der Waals surface area contributed by atoms with Gasteiger partial charge in [0.05, 0.1) is 22.4 Å². The molecule has 2 heterocycles. The third-order valence-corrected chi connectivity index (χ3v) is 5.92. The van der Waals surface area contributed by atoms with E-state index in [0.717, 1.165) is 17.7 Å². The molecular formula is C21H17ClN6O3S. The second kappa shape index (κ2) is 10.0. The van der Waals surface area contributed by atoms with Crippen LogP contribution in [0.1, 0.15) is 27.7 Å². The largest absolute Gasteiger partial charge is 0.453 e. The number of nitrogens with two attached hydrogens (primary N) is 1. The number of thiophene rings is 1. The Morgan fingerprint density at radius 2 is 2.16 bits per heavy atom. The molecule has 2 aromatic heterocycles. The highest BCUT2D eigenvalue weighted by molar-refractivity contribution is 7.18. The summed E-state index contributed by atoms with van der Waals surface area (Å²) >= 11 is 7.08. The van der Waals surface area contributed by atoms with Gasteiger partial charge in [-0.05, 0) is 35.4 Å². The van der Waals surface area contributed by atoms with Crippen LogP contribution in [0.15, 0.2) is 47.6 Å². The number of aromatic nitrogens is 1. The molecule has 5 N–H and O–H groups in total. The number of anilines is 1. The van der Waals surface area contributed by atoms with Crippen LogP contribution in [0.25, 0.3) is 10.4 Å². The number of amidine groups is 1. The lowest BCUT2D eigenvalue weighted by Gasteiger charge is -2.13. The molecule has 0 spiro atoms. The van der Waals surface area contributed by atoms with Crippen LogP contribution in [0, 0.1) is 16.7 Å². The number of carbonyl (C=O) groups is 1. The first-order valence-corrected chi connectivity index (χ1v) is 10.2. The third-order valence-electron chi connectivity index (χ3n) is 4.39. The van der Waals surface area contributed by atoms with Crippen LogP contribution < -0.4 is 11.1 Å². The van der Waals surface area contributed by atoms with E-state index in [9.17, 15) is 15.2 Å². The lowest BCUT2D eigenvalue weighted by molar-refractivity contribution is 0.187. The Morgan fingerprint density at radius 1 is 1.44 bits per heavy atom. The number of aliphatic hydroxyl groups excluding tert-OH is 1. The average molecular weight is 469 g/mol. The average Bonchev–Trinajstić information content (AvgIpc) is 3.19. The number of halogens is 1. The van der Waals surface area contributed by atoms with Crippen molar-refractivity contribution in [2.45, 2.75) is 6.10 Å². The number of pyridine rings is 1.